The van der Waals surface area contributed by atoms with E-state index in [1.807, 2.05) is 0 Å². The Hall–Kier alpha value is -3.92. The first-order valence-electron chi connectivity index (χ1n) is 10.2. The van der Waals surface area contributed by atoms with Crippen molar-refractivity contribution in [3.05, 3.63) is 68.7 Å². The van der Waals surface area contributed by atoms with Crippen LogP contribution in [0.5, 0.6) is 5.75 Å². The normalized spacial score (nSPS) is 15.4. The molecule has 1 atom stereocenters. The summed E-state index contributed by atoms with van der Waals surface area (Å²) in [7, 11) is 0. The van der Waals surface area contributed by atoms with Gasteiger partial charge in [-0.3, -0.25) is 29.4 Å². The van der Waals surface area contributed by atoms with Gasteiger partial charge in [0.15, 0.2) is 0 Å². The number of hydrogen-bond acceptors (Lipinski definition) is 6. The Morgan fingerprint density at radius 1 is 1.06 bits per heavy atom. The number of H-pyrrole nitrogens is 2. The molecule has 1 fully saturated rings. The number of ether oxygens (including phenoxy) is 2. The van der Waals surface area contributed by atoms with E-state index in [4.69, 9.17) is 9.47 Å². The third kappa shape index (κ3) is 4.86. The SMILES string of the molecule is O=C(CNC(=O)c1ccc(OCC2CCCO2)cc1)Nc1cccc2c(=O)[nH][nH]c(=O)c12. The molecule has 0 saturated carbocycles. The highest BCUT2D eigenvalue weighted by Gasteiger charge is 2.16. The molecule has 0 bridgehead atoms. The van der Waals surface area contributed by atoms with Crippen LogP contribution in [0.15, 0.2) is 52.1 Å². The molecule has 2 aromatic carbocycles. The molecular formula is C22H22N4O6. The number of amides is 2. The molecule has 0 radical (unpaired) electrons. The number of fused-ring (bicyclic) bond motifs is 1. The minimum Gasteiger partial charge on any atom is -0.491 e. The maximum absolute atomic E-state index is 12.3. The number of anilines is 1. The van der Waals surface area contributed by atoms with Gasteiger partial charge in [0, 0.05) is 12.2 Å². The van der Waals surface area contributed by atoms with Gasteiger partial charge >= 0.3 is 0 Å². The maximum atomic E-state index is 12.3. The fourth-order valence-electron chi connectivity index (χ4n) is 3.46. The molecule has 1 aliphatic rings. The Balaban J connectivity index is 1.33. The van der Waals surface area contributed by atoms with Crippen LogP contribution < -0.4 is 26.5 Å². The van der Waals surface area contributed by atoms with Crippen molar-refractivity contribution in [2.45, 2.75) is 18.9 Å². The highest BCUT2D eigenvalue weighted by Crippen LogP contribution is 2.17. The van der Waals surface area contributed by atoms with Crippen LogP contribution in [0.3, 0.4) is 0 Å². The molecule has 0 aliphatic carbocycles. The van der Waals surface area contributed by atoms with Crippen LogP contribution in [-0.4, -0.2) is 47.9 Å². The Labute approximate surface area is 181 Å². The summed E-state index contributed by atoms with van der Waals surface area (Å²) in [6.45, 7) is 0.915. The van der Waals surface area contributed by atoms with E-state index < -0.39 is 22.9 Å². The number of carbonyl (C=O) groups excluding carboxylic acids is 2. The average Bonchev–Trinajstić information content (AvgIpc) is 3.33. The summed E-state index contributed by atoms with van der Waals surface area (Å²) >= 11 is 0. The average molecular weight is 438 g/mol. The molecule has 3 aromatic rings. The summed E-state index contributed by atoms with van der Waals surface area (Å²) in [5.74, 6) is -0.342. The summed E-state index contributed by atoms with van der Waals surface area (Å²) in [6.07, 6.45) is 2.12. The van der Waals surface area contributed by atoms with Gasteiger partial charge in [-0.05, 0) is 49.2 Å². The van der Waals surface area contributed by atoms with Gasteiger partial charge in [0.05, 0.1) is 29.1 Å². The highest BCUT2D eigenvalue weighted by atomic mass is 16.5. The second kappa shape index (κ2) is 9.48. The van der Waals surface area contributed by atoms with Crippen LogP contribution in [0, 0.1) is 0 Å². The van der Waals surface area contributed by atoms with Gasteiger partial charge in [0.1, 0.15) is 12.4 Å². The van der Waals surface area contributed by atoms with Gasteiger partial charge in [-0.1, -0.05) is 6.07 Å². The third-order valence-corrected chi connectivity index (χ3v) is 5.09. The van der Waals surface area contributed by atoms with Crippen molar-refractivity contribution in [1.82, 2.24) is 15.5 Å². The molecule has 166 valence electrons. The lowest BCUT2D eigenvalue weighted by atomic mass is 10.1. The number of carbonyl (C=O) groups is 2. The topological polar surface area (TPSA) is 142 Å². The molecule has 4 N–H and O–H groups in total. The fourth-order valence-corrected chi connectivity index (χ4v) is 3.46. The van der Waals surface area contributed by atoms with E-state index in [0.29, 0.717) is 17.9 Å². The van der Waals surface area contributed by atoms with Crippen LogP contribution in [0.1, 0.15) is 23.2 Å². The van der Waals surface area contributed by atoms with E-state index in [1.165, 1.54) is 12.1 Å². The van der Waals surface area contributed by atoms with Crippen LogP contribution in [0.4, 0.5) is 5.69 Å². The van der Waals surface area contributed by atoms with Crippen molar-refractivity contribution in [2.24, 2.45) is 0 Å². The number of hydrogen-bond donors (Lipinski definition) is 4. The monoisotopic (exact) mass is 438 g/mol. The predicted molar refractivity (Wildman–Crippen MR) is 117 cm³/mol. The fraction of sp³-hybridized carbons (Fsp3) is 0.273. The summed E-state index contributed by atoms with van der Waals surface area (Å²) in [5.41, 5.74) is -0.467. The summed E-state index contributed by atoms with van der Waals surface area (Å²) in [4.78, 5) is 48.6. The Morgan fingerprint density at radius 2 is 1.84 bits per heavy atom. The lowest BCUT2D eigenvalue weighted by Gasteiger charge is -2.12. The zero-order valence-electron chi connectivity index (χ0n) is 17.1. The first kappa shape index (κ1) is 21.3. The molecule has 1 unspecified atom stereocenters. The van der Waals surface area contributed by atoms with Crippen LogP contribution in [0.25, 0.3) is 10.8 Å². The summed E-state index contributed by atoms with van der Waals surface area (Å²) in [6, 6.07) is 11.1. The largest absolute Gasteiger partial charge is 0.491 e. The molecule has 10 nitrogen and oxygen atoms in total. The van der Waals surface area contributed by atoms with Crippen molar-refractivity contribution >= 4 is 28.3 Å². The van der Waals surface area contributed by atoms with E-state index in [9.17, 15) is 19.2 Å². The lowest BCUT2D eigenvalue weighted by Crippen LogP contribution is -2.33. The van der Waals surface area contributed by atoms with Gasteiger partial charge in [-0.15, -0.1) is 0 Å². The number of aromatic amines is 2. The molecule has 10 heteroatoms. The van der Waals surface area contributed by atoms with E-state index in [1.54, 1.807) is 30.3 Å². The van der Waals surface area contributed by atoms with Gasteiger partial charge in [-0.2, -0.15) is 0 Å². The number of aromatic nitrogens is 2. The zero-order chi connectivity index (χ0) is 22.5. The van der Waals surface area contributed by atoms with E-state index in [2.05, 4.69) is 20.8 Å². The van der Waals surface area contributed by atoms with Crippen LogP contribution in [-0.2, 0) is 9.53 Å². The standard InChI is InChI=1S/C22H22N4O6/c27-18(24-17-5-1-4-16-19(17)22(30)26-25-21(16)29)11-23-20(28)13-6-8-14(9-7-13)32-12-15-3-2-10-31-15/h1,4-9,15H,2-3,10-12H2,(H,23,28)(H,24,27)(H,25,29)(H,26,30). The summed E-state index contributed by atoms with van der Waals surface area (Å²) in [5, 5.41) is 9.75. The van der Waals surface area contributed by atoms with Crippen LogP contribution >= 0.6 is 0 Å². The van der Waals surface area contributed by atoms with E-state index in [0.717, 1.165) is 19.4 Å². The molecule has 1 saturated heterocycles. The molecule has 0 spiro atoms. The first-order valence-corrected chi connectivity index (χ1v) is 10.2. The van der Waals surface area contributed by atoms with Gasteiger partial charge in [-0.25, -0.2) is 0 Å². The molecule has 4 rings (SSSR count). The smallest absolute Gasteiger partial charge is 0.272 e. The summed E-state index contributed by atoms with van der Waals surface area (Å²) < 4.78 is 11.2. The molecule has 1 aromatic heterocycles. The Bertz CT molecular complexity index is 1240. The quantitative estimate of drug-likeness (QED) is 0.436. The number of benzene rings is 2. The number of nitrogens with one attached hydrogen (secondary N) is 4. The van der Waals surface area contributed by atoms with Gasteiger partial charge < -0.3 is 20.1 Å². The van der Waals surface area contributed by atoms with Crippen molar-refractivity contribution in [2.75, 3.05) is 25.1 Å². The van der Waals surface area contributed by atoms with Crippen molar-refractivity contribution < 1.29 is 19.1 Å². The Kier molecular flexibility index (Phi) is 6.31. The zero-order valence-corrected chi connectivity index (χ0v) is 17.1. The molecule has 2 amide bonds. The second-order valence-electron chi connectivity index (χ2n) is 7.34. The molecular weight excluding hydrogens is 416 g/mol. The predicted octanol–water partition coefficient (Wildman–Crippen LogP) is 1.14. The molecule has 2 heterocycles. The van der Waals surface area contributed by atoms with E-state index in [-0.39, 0.29) is 29.1 Å². The van der Waals surface area contributed by atoms with Crippen molar-refractivity contribution in [1.29, 1.82) is 0 Å². The highest BCUT2D eigenvalue weighted by molar-refractivity contribution is 6.04. The first-order chi connectivity index (χ1) is 15.5. The van der Waals surface area contributed by atoms with Crippen molar-refractivity contribution in [3.8, 4) is 5.75 Å². The molecule has 32 heavy (non-hydrogen) atoms. The van der Waals surface area contributed by atoms with Gasteiger partial charge in [0.25, 0.3) is 17.0 Å². The molecule has 1 aliphatic heterocycles. The lowest BCUT2D eigenvalue weighted by molar-refractivity contribution is -0.115. The third-order valence-electron chi connectivity index (χ3n) is 5.09. The van der Waals surface area contributed by atoms with Crippen molar-refractivity contribution in [3.63, 3.8) is 0 Å². The second-order valence-corrected chi connectivity index (χ2v) is 7.34. The maximum Gasteiger partial charge on any atom is 0.272 e. The minimum absolute atomic E-state index is 0.0644. The number of rotatable bonds is 7. The van der Waals surface area contributed by atoms with Gasteiger partial charge in [0.2, 0.25) is 5.91 Å². The van der Waals surface area contributed by atoms with Crippen LogP contribution in [0.2, 0.25) is 0 Å². The van der Waals surface area contributed by atoms with E-state index >= 15 is 0 Å². The minimum atomic E-state index is -0.540. The Morgan fingerprint density at radius 3 is 2.59 bits per heavy atom.